The van der Waals surface area contributed by atoms with Crippen LogP contribution in [-0.4, -0.2) is 47.4 Å². The Labute approximate surface area is 138 Å². The van der Waals surface area contributed by atoms with Crippen molar-refractivity contribution >= 4 is 5.91 Å². The number of hydrogen-bond acceptors (Lipinski definition) is 3. The first kappa shape index (κ1) is 15.2. The molecule has 0 aromatic heterocycles. The van der Waals surface area contributed by atoms with Crippen molar-refractivity contribution in [2.45, 2.75) is 50.2 Å². The standard InChI is InChI=1S/C19H27N3O/c20-18(14-5-2-1-3-6-14)19(23)21-12-10-17-15(13-21)7-4-11-22(17)16-8-9-16/h1-3,5-6,15-18H,4,7-13,20H2/t15-,17-,18-/m0/s1. The summed E-state index contributed by atoms with van der Waals surface area (Å²) in [6.07, 6.45) is 6.42. The molecule has 3 fully saturated rings. The summed E-state index contributed by atoms with van der Waals surface area (Å²) in [6, 6.07) is 10.8. The van der Waals surface area contributed by atoms with Crippen molar-refractivity contribution in [3.05, 3.63) is 35.9 Å². The predicted molar refractivity (Wildman–Crippen MR) is 90.8 cm³/mol. The fourth-order valence-corrected chi connectivity index (χ4v) is 4.50. The molecule has 0 spiro atoms. The van der Waals surface area contributed by atoms with Crippen LogP contribution in [0.25, 0.3) is 0 Å². The number of likely N-dealkylation sites (tertiary alicyclic amines) is 2. The van der Waals surface area contributed by atoms with E-state index in [9.17, 15) is 4.79 Å². The van der Waals surface area contributed by atoms with Crippen LogP contribution in [0.2, 0.25) is 0 Å². The number of benzene rings is 1. The van der Waals surface area contributed by atoms with Gasteiger partial charge in [-0.25, -0.2) is 0 Å². The third-order valence-corrected chi connectivity index (χ3v) is 5.86. The Bertz CT molecular complexity index is 557. The van der Waals surface area contributed by atoms with Crippen LogP contribution in [0, 0.1) is 5.92 Å². The number of nitrogens with zero attached hydrogens (tertiary/aromatic N) is 2. The molecule has 124 valence electrons. The smallest absolute Gasteiger partial charge is 0.244 e. The first-order chi connectivity index (χ1) is 11.2. The van der Waals surface area contributed by atoms with Crippen LogP contribution in [0.3, 0.4) is 0 Å². The summed E-state index contributed by atoms with van der Waals surface area (Å²) >= 11 is 0. The Kier molecular flexibility index (Phi) is 4.12. The van der Waals surface area contributed by atoms with Gasteiger partial charge < -0.3 is 10.6 Å². The van der Waals surface area contributed by atoms with Gasteiger partial charge in [0.25, 0.3) is 0 Å². The lowest BCUT2D eigenvalue weighted by molar-refractivity contribution is -0.136. The molecule has 1 aliphatic carbocycles. The number of rotatable bonds is 3. The molecule has 3 atom stereocenters. The zero-order valence-corrected chi connectivity index (χ0v) is 13.7. The summed E-state index contributed by atoms with van der Waals surface area (Å²) in [5, 5.41) is 0. The third-order valence-electron chi connectivity index (χ3n) is 5.86. The van der Waals surface area contributed by atoms with Crippen LogP contribution in [0.15, 0.2) is 30.3 Å². The SMILES string of the molecule is N[C@H](C(=O)N1CC[C@H]2[C@@H](CCCN2C2CC2)C1)c1ccccc1. The topological polar surface area (TPSA) is 49.6 Å². The van der Waals surface area contributed by atoms with Crippen molar-refractivity contribution in [3.8, 4) is 0 Å². The third kappa shape index (κ3) is 3.02. The first-order valence-corrected chi connectivity index (χ1v) is 9.09. The van der Waals surface area contributed by atoms with Gasteiger partial charge in [-0.3, -0.25) is 9.69 Å². The molecule has 1 aromatic carbocycles. The van der Waals surface area contributed by atoms with Crippen LogP contribution in [0.1, 0.15) is 43.7 Å². The average molecular weight is 313 g/mol. The van der Waals surface area contributed by atoms with Gasteiger partial charge >= 0.3 is 0 Å². The van der Waals surface area contributed by atoms with Gasteiger partial charge in [-0.1, -0.05) is 30.3 Å². The molecule has 0 radical (unpaired) electrons. The highest BCUT2D eigenvalue weighted by Crippen LogP contribution is 2.38. The lowest BCUT2D eigenvalue weighted by Gasteiger charge is -2.48. The number of nitrogens with two attached hydrogens (primary N) is 1. The molecule has 1 saturated carbocycles. The normalized spacial score (nSPS) is 29.9. The molecule has 2 saturated heterocycles. The summed E-state index contributed by atoms with van der Waals surface area (Å²) in [5.74, 6) is 0.739. The highest BCUT2D eigenvalue weighted by Gasteiger charge is 2.43. The van der Waals surface area contributed by atoms with Crippen LogP contribution < -0.4 is 5.73 Å². The van der Waals surface area contributed by atoms with E-state index in [0.717, 1.165) is 31.1 Å². The molecule has 4 nitrogen and oxygen atoms in total. The van der Waals surface area contributed by atoms with Gasteiger partial charge in [0.15, 0.2) is 0 Å². The van der Waals surface area contributed by atoms with Gasteiger partial charge in [-0.2, -0.15) is 0 Å². The second-order valence-corrected chi connectivity index (χ2v) is 7.40. The van der Waals surface area contributed by atoms with E-state index in [0.29, 0.717) is 12.0 Å². The lowest BCUT2D eigenvalue weighted by atomic mass is 9.83. The molecule has 2 aliphatic heterocycles. The molecule has 1 amide bonds. The molecular weight excluding hydrogens is 286 g/mol. The molecule has 4 rings (SSSR count). The molecule has 2 N–H and O–H groups in total. The van der Waals surface area contributed by atoms with E-state index < -0.39 is 6.04 Å². The largest absolute Gasteiger partial charge is 0.341 e. The maximum absolute atomic E-state index is 12.8. The Morgan fingerprint density at radius 3 is 2.61 bits per heavy atom. The fourth-order valence-electron chi connectivity index (χ4n) is 4.50. The predicted octanol–water partition coefficient (Wildman–Crippen LogP) is 2.16. The molecule has 4 heteroatoms. The van der Waals surface area contributed by atoms with Crippen LogP contribution in [0.4, 0.5) is 0 Å². The van der Waals surface area contributed by atoms with Crippen molar-refractivity contribution in [1.82, 2.24) is 9.80 Å². The summed E-state index contributed by atoms with van der Waals surface area (Å²) in [7, 11) is 0. The summed E-state index contributed by atoms with van der Waals surface area (Å²) in [5.41, 5.74) is 7.14. The minimum Gasteiger partial charge on any atom is -0.341 e. The molecular formula is C19H27N3O. The van der Waals surface area contributed by atoms with E-state index in [1.54, 1.807) is 0 Å². The summed E-state index contributed by atoms with van der Waals surface area (Å²) in [6.45, 7) is 3.03. The number of carbonyl (C=O) groups is 1. The number of fused-ring (bicyclic) bond motifs is 1. The van der Waals surface area contributed by atoms with E-state index in [1.165, 1.54) is 32.2 Å². The van der Waals surface area contributed by atoms with Gasteiger partial charge in [-0.05, 0) is 50.1 Å². The van der Waals surface area contributed by atoms with Crippen LogP contribution in [0.5, 0.6) is 0 Å². The highest BCUT2D eigenvalue weighted by atomic mass is 16.2. The minimum atomic E-state index is -0.518. The Morgan fingerprint density at radius 1 is 1.09 bits per heavy atom. The van der Waals surface area contributed by atoms with Gasteiger partial charge in [-0.15, -0.1) is 0 Å². The number of piperidine rings is 2. The molecule has 0 unspecified atom stereocenters. The number of carbonyl (C=O) groups excluding carboxylic acids is 1. The Hall–Kier alpha value is -1.39. The molecule has 1 aromatic rings. The Morgan fingerprint density at radius 2 is 1.87 bits per heavy atom. The second kappa shape index (κ2) is 6.25. The van der Waals surface area contributed by atoms with Gasteiger partial charge in [0.1, 0.15) is 6.04 Å². The zero-order chi connectivity index (χ0) is 15.8. The van der Waals surface area contributed by atoms with E-state index in [2.05, 4.69) is 4.90 Å². The van der Waals surface area contributed by atoms with Crippen LogP contribution >= 0.6 is 0 Å². The molecule has 2 heterocycles. The van der Waals surface area contributed by atoms with Gasteiger partial charge in [0.05, 0.1) is 0 Å². The van der Waals surface area contributed by atoms with Gasteiger partial charge in [0.2, 0.25) is 5.91 Å². The maximum Gasteiger partial charge on any atom is 0.244 e. The molecule has 0 bridgehead atoms. The van der Waals surface area contributed by atoms with E-state index in [4.69, 9.17) is 5.73 Å². The van der Waals surface area contributed by atoms with E-state index in [1.807, 2.05) is 35.2 Å². The first-order valence-electron chi connectivity index (χ1n) is 9.09. The van der Waals surface area contributed by atoms with Crippen molar-refractivity contribution in [2.75, 3.05) is 19.6 Å². The van der Waals surface area contributed by atoms with Crippen molar-refractivity contribution < 1.29 is 4.79 Å². The van der Waals surface area contributed by atoms with Crippen LogP contribution in [-0.2, 0) is 4.79 Å². The number of hydrogen-bond donors (Lipinski definition) is 1. The van der Waals surface area contributed by atoms with Gasteiger partial charge in [0, 0.05) is 25.2 Å². The van der Waals surface area contributed by atoms with E-state index in [-0.39, 0.29) is 5.91 Å². The van der Waals surface area contributed by atoms with Crippen molar-refractivity contribution in [2.24, 2.45) is 11.7 Å². The highest BCUT2D eigenvalue weighted by molar-refractivity contribution is 5.83. The summed E-state index contributed by atoms with van der Waals surface area (Å²) < 4.78 is 0. The summed E-state index contributed by atoms with van der Waals surface area (Å²) in [4.78, 5) is 17.6. The fraction of sp³-hybridized carbons (Fsp3) is 0.632. The van der Waals surface area contributed by atoms with Crippen molar-refractivity contribution in [3.63, 3.8) is 0 Å². The Balaban J connectivity index is 1.42. The zero-order valence-electron chi connectivity index (χ0n) is 13.7. The monoisotopic (exact) mass is 313 g/mol. The van der Waals surface area contributed by atoms with E-state index >= 15 is 0 Å². The van der Waals surface area contributed by atoms with Crippen molar-refractivity contribution in [1.29, 1.82) is 0 Å². The molecule has 3 aliphatic rings. The maximum atomic E-state index is 12.8. The molecule has 23 heavy (non-hydrogen) atoms. The quantitative estimate of drug-likeness (QED) is 0.930. The lowest BCUT2D eigenvalue weighted by Crippen LogP contribution is -2.56. The average Bonchev–Trinajstić information content (AvgIpc) is 3.45. The number of amides is 1. The second-order valence-electron chi connectivity index (χ2n) is 7.40. The minimum absolute atomic E-state index is 0.0956.